The highest BCUT2D eigenvalue weighted by Crippen LogP contribution is 2.28. The zero-order chi connectivity index (χ0) is 12.3. The van der Waals surface area contributed by atoms with Crippen LogP contribution >= 0.6 is 11.8 Å². The Bertz CT molecular complexity index is 231. The second-order valence-electron chi connectivity index (χ2n) is 5.60. The van der Waals surface area contributed by atoms with Crippen LogP contribution in [0.2, 0.25) is 0 Å². The summed E-state index contributed by atoms with van der Waals surface area (Å²) in [5.41, 5.74) is 6.05. The maximum Gasteiger partial charge on any atom is 0.0255 e. The Morgan fingerprint density at radius 2 is 2.24 bits per heavy atom. The third-order valence-corrected chi connectivity index (χ3v) is 5.68. The molecule has 0 aromatic heterocycles. The van der Waals surface area contributed by atoms with Crippen LogP contribution in [0.4, 0.5) is 0 Å². The quantitative estimate of drug-likeness (QED) is 0.820. The predicted molar refractivity (Wildman–Crippen MR) is 76.6 cm³/mol. The van der Waals surface area contributed by atoms with Crippen LogP contribution in [0.5, 0.6) is 0 Å². The fraction of sp³-hybridized carbons (Fsp3) is 1.00. The van der Waals surface area contributed by atoms with Gasteiger partial charge >= 0.3 is 0 Å². The van der Waals surface area contributed by atoms with Crippen molar-refractivity contribution in [1.82, 2.24) is 9.80 Å². The van der Waals surface area contributed by atoms with Crippen LogP contribution < -0.4 is 5.73 Å². The van der Waals surface area contributed by atoms with Crippen molar-refractivity contribution < 1.29 is 0 Å². The van der Waals surface area contributed by atoms with Gasteiger partial charge in [0.2, 0.25) is 0 Å². The van der Waals surface area contributed by atoms with Gasteiger partial charge in [0.05, 0.1) is 0 Å². The van der Waals surface area contributed by atoms with Gasteiger partial charge in [0.25, 0.3) is 0 Å². The maximum absolute atomic E-state index is 6.05. The number of thioether (sulfide) groups is 1. The molecule has 3 nitrogen and oxygen atoms in total. The highest BCUT2D eigenvalue weighted by Gasteiger charge is 2.31. The molecule has 0 aliphatic carbocycles. The Kier molecular flexibility index (Phi) is 5.15. The summed E-state index contributed by atoms with van der Waals surface area (Å²) in [5, 5.41) is 0. The molecule has 2 aliphatic rings. The van der Waals surface area contributed by atoms with Gasteiger partial charge in [0.15, 0.2) is 0 Å². The number of piperazine rings is 1. The molecule has 4 heteroatoms. The van der Waals surface area contributed by atoms with E-state index in [1.807, 2.05) is 0 Å². The minimum absolute atomic E-state index is 0.624. The minimum Gasteiger partial charge on any atom is -0.329 e. The minimum atomic E-state index is 0.624. The molecule has 3 atom stereocenters. The summed E-state index contributed by atoms with van der Waals surface area (Å²) in [7, 11) is 2.23. The van der Waals surface area contributed by atoms with Crippen molar-refractivity contribution >= 4 is 11.8 Å². The first-order chi connectivity index (χ1) is 8.22. The van der Waals surface area contributed by atoms with Crippen molar-refractivity contribution in [1.29, 1.82) is 0 Å². The van der Waals surface area contributed by atoms with Gasteiger partial charge in [-0.3, -0.25) is 4.90 Å². The second kappa shape index (κ2) is 6.41. The normalized spacial score (nSPS) is 34.8. The van der Waals surface area contributed by atoms with Crippen molar-refractivity contribution in [3.63, 3.8) is 0 Å². The average molecular weight is 257 g/mol. The Labute approximate surface area is 110 Å². The van der Waals surface area contributed by atoms with E-state index in [2.05, 4.69) is 35.5 Å². The van der Waals surface area contributed by atoms with Crippen molar-refractivity contribution in [2.24, 2.45) is 11.7 Å². The molecule has 100 valence electrons. The SMILES string of the molecule is CC1CN(C(CN)C2CCCSC2)CCN1C. The number of nitrogens with zero attached hydrogens (tertiary/aromatic N) is 2. The fourth-order valence-corrected chi connectivity index (χ4v) is 4.32. The molecule has 2 heterocycles. The van der Waals surface area contributed by atoms with Gasteiger partial charge < -0.3 is 10.6 Å². The molecule has 0 aromatic rings. The topological polar surface area (TPSA) is 32.5 Å². The molecular weight excluding hydrogens is 230 g/mol. The van der Waals surface area contributed by atoms with Gasteiger partial charge in [-0.2, -0.15) is 11.8 Å². The third-order valence-electron chi connectivity index (χ3n) is 4.44. The lowest BCUT2D eigenvalue weighted by Crippen LogP contribution is -2.57. The van der Waals surface area contributed by atoms with Gasteiger partial charge in [-0.05, 0) is 44.2 Å². The zero-order valence-electron chi connectivity index (χ0n) is 11.3. The largest absolute Gasteiger partial charge is 0.329 e. The molecule has 0 radical (unpaired) electrons. The summed E-state index contributed by atoms with van der Waals surface area (Å²) in [5.74, 6) is 3.50. The molecule has 2 fully saturated rings. The van der Waals surface area contributed by atoms with Crippen LogP contribution in [0, 0.1) is 5.92 Å². The molecule has 17 heavy (non-hydrogen) atoms. The number of rotatable bonds is 3. The molecule has 2 rings (SSSR count). The highest BCUT2D eigenvalue weighted by atomic mass is 32.2. The van der Waals surface area contributed by atoms with E-state index in [0.717, 1.165) is 12.5 Å². The summed E-state index contributed by atoms with van der Waals surface area (Å²) in [6.07, 6.45) is 2.77. The van der Waals surface area contributed by atoms with Gasteiger partial charge in [-0.25, -0.2) is 0 Å². The first kappa shape index (κ1) is 13.7. The monoisotopic (exact) mass is 257 g/mol. The standard InChI is InChI=1S/C13H27N3S/c1-11-9-16(6-5-15(11)2)13(8-14)12-4-3-7-17-10-12/h11-13H,3-10,14H2,1-2H3. The molecule has 0 spiro atoms. The summed E-state index contributed by atoms with van der Waals surface area (Å²) in [6.45, 7) is 6.75. The van der Waals surface area contributed by atoms with Crippen LogP contribution in [0.1, 0.15) is 19.8 Å². The molecular formula is C13H27N3S. The molecule has 0 bridgehead atoms. The van der Waals surface area contributed by atoms with Crippen molar-refractivity contribution in [3.05, 3.63) is 0 Å². The van der Waals surface area contributed by atoms with Crippen LogP contribution in [-0.2, 0) is 0 Å². The lowest BCUT2D eigenvalue weighted by Gasteiger charge is -2.44. The van der Waals surface area contributed by atoms with Crippen LogP contribution in [0.25, 0.3) is 0 Å². The smallest absolute Gasteiger partial charge is 0.0255 e. The Morgan fingerprint density at radius 1 is 1.41 bits per heavy atom. The Morgan fingerprint density at radius 3 is 2.82 bits per heavy atom. The van der Waals surface area contributed by atoms with Crippen molar-refractivity contribution in [3.8, 4) is 0 Å². The van der Waals surface area contributed by atoms with Crippen LogP contribution in [0.3, 0.4) is 0 Å². The molecule has 2 N–H and O–H groups in total. The van der Waals surface area contributed by atoms with E-state index in [9.17, 15) is 0 Å². The van der Waals surface area contributed by atoms with E-state index in [1.54, 1.807) is 0 Å². The molecule has 0 aromatic carbocycles. The van der Waals surface area contributed by atoms with Crippen molar-refractivity contribution in [2.45, 2.75) is 31.8 Å². The van der Waals surface area contributed by atoms with Crippen molar-refractivity contribution in [2.75, 3.05) is 44.7 Å². The van der Waals surface area contributed by atoms with Crippen LogP contribution in [-0.4, -0.2) is 66.6 Å². The van der Waals surface area contributed by atoms with E-state index in [0.29, 0.717) is 12.1 Å². The summed E-state index contributed by atoms with van der Waals surface area (Å²) >= 11 is 2.12. The molecule has 0 amide bonds. The summed E-state index contributed by atoms with van der Waals surface area (Å²) < 4.78 is 0. The third kappa shape index (κ3) is 3.37. The van der Waals surface area contributed by atoms with E-state index < -0.39 is 0 Å². The first-order valence-corrected chi connectivity index (χ1v) is 8.10. The van der Waals surface area contributed by atoms with Gasteiger partial charge in [0.1, 0.15) is 0 Å². The number of hydrogen-bond acceptors (Lipinski definition) is 4. The summed E-state index contributed by atoms with van der Waals surface area (Å²) in [4.78, 5) is 5.11. The van der Waals surface area contributed by atoms with Gasteiger partial charge in [0, 0.05) is 38.3 Å². The molecule has 2 saturated heterocycles. The fourth-order valence-electron chi connectivity index (χ4n) is 3.09. The van der Waals surface area contributed by atoms with E-state index in [4.69, 9.17) is 5.73 Å². The second-order valence-corrected chi connectivity index (χ2v) is 6.75. The molecule has 2 aliphatic heterocycles. The Balaban J connectivity index is 1.93. The van der Waals surface area contributed by atoms with E-state index in [-0.39, 0.29) is 0 Å². The average Bonchev–Trinajstić information content (AvgIpc) is 2.36. The number of hydrogen-bond donors (Lipinski definition) is 1. The van der Waals surface area contributed by atoms with E-state index in [1.165, 1.54) is 44.0 Å². The first-order valence-electron chi connectivity index (χ1n) is 6.94. The van der Waals surface area contributed by atoms with Gasteiger partial charge in [-0.15, -0.1) is 0 Å². The molecule has 0 saturated carbocycles. The summed E-state index contributed by atoms with van der Waals surface area (Å²) in [6, 6.07) is 1.30. The lowest BCUT2D eigenvalue weighted by molar-refractivity contribution is 0.0537. The molecule has 3 unspecified atom stereocenters. The highest BCUT2D eigenvalue weighted by molar-refractivity contribution is 7.99. The Hall–Kier alpha value is 0.230. The zero-order valence-corrected chi connectivity index (χ0v) is 12.1. The number of nitrogens with two attached hydrogens (primary N) is 1. The predicted octanol–water partition coefficient (Wildman–Crippen LogP) is 1.09. The lowest BCUT2D eigenvalue weighted by atomic mass is 9.93. The van der Waals surface area contributed by atoms with Gasteiger partial charge in [-0.1, -0.05) is 0 Å². The van der Waals surface area contributed by atoms with E-state index >= 15 is 0 Å². The van der Waals surface area contributed by atoms with Crippen LogP contribution in [0.15, 0.2) is 0 Å². The number of likely N-dealkylation sites (N-methyl/N-ethyl adjacent to an activating group) is 1. The maximum atomic E-state index is 6.05.